The predicted molar refractivity (Wildman–Crippen MR) is 133 cm³/mol. The van der Waals surface area contributed by atoms with E-state index in [1.54, 1.807) is 24.3 Å². The molecule has 9 heteroatoms. The average molecular weight is 564 g/mol. The molecule has 1 aliphatic carbocycles. The number of carbonyl (C=O) groups is 1. The van der Waals surface area contributed by atoms with Crippen molar-refractivity contribution in [3.05, 3.63) is 78.8 Å². The van der Waals surface area contributed by atoms with Crippen LogP contribution in [0.3, 0.4) is 0 Å². The third kappa shape index (κ3) is 4.76. The summed E-state index contributed by atoms with van der Waals surface area (Å²) in [6.07, 6.45) is 1.69. The quantitative estimate of drug-likeness (QED) is 0.428. The van der Waals surface area contributed by atoms with E-state index in [1.165, 1.54) is 0 Å². The number of rotatable bonds is 6. The van der Waals surface area contributed by atoms with Gasteiger partial charge in [-0.15, -0.1) is 0 Å². The number of nitrogens with two attached hydrogens (primary N) is 1. The van der Waals surface area contributed by atoms with E-state index in [-0.39, 0.29) is 23.8 Å². The van der Waals surface area contributed by atoms with Crippen molar-refractivity contribution < 1.29 is 19.0 Å². The average Bonchev–Trinajstić information content (AvgIpc) is 2.79. The van der Waals surface area contributed by atoms with Gasteiger partial charge < -0.3 is 19.9 Å². The van der Waals surface area contributed by atoms with E-state index >= 15 is 0 Å². The summed E-state index contributed by atoms with van der Waals surface area (Å²) in [7, 11) is 0. The lowest BCUT2D eigenvalue weighted by Gasteiger charge is -2.31. The molecule has 2 aromatic rings. The highest BCUT2D eigenvalue weighted by Crippen LogP contribution is 2.47. The van der Waals surface area contributed by atoms with Gasteiger partial charge in [-0.2, -0.15) is 5.26 Å². The van der Waals surface area contributed by atoms with Crippen molar-refractivity contribution in [3.8, 4) is 17.6 Å². The molecular formula is C25H21BrCl2N2O4. The topological polar surface area (TPSA) is 94.6 Å². The fraction of sp³-hybridized carbons (Fsp3) is 0.280. The molecule has 0 fully saturated rings. The molecule has 0 unspecified atom stereocenters. The summed E-state index contributed by atoms with van der Waals surface area (Å²) in [5.41, 5.74) is 8.19. The van der Waals surface area contributed by atoms with Gasteiger partial charge in [0.15, 0.2) is 17.3 Å². The fourth-order valence-electron chi connectivity index (χ4n) is 4.14. The Labute approximate surface area is 216 Å². The number of halogens is 3. The Hall–Kier alpha value is -2.66. The zero-order valence-corrected chi connectivity index (χ0v) is 21.4. The van der Waals surface area contributed by atoms with E-state index < -0.39 is 5.92 Å². The van der Waals surface area contributed by atoms with Crippen molar-refractivity contribution in [1.29, 1.82) is 5.26 Å². The number of nitriles is 1. The molecule has 34 heavy (non-hydrogen) atoms. The summed E-state index contributed by atoms with van der Waals surface area (Å²) < 4.78 is 18.2. The lowest BCUT2D eigenvalue weighted by molar-refractivity contribution is -0.116. The molecule has 176 valence electrons. The first-order valence-corrected chi connectivity index (χ1v) is 12.3. The first kappa shape index (κ1) is 24.5. The Morgan fingerprint density at radius 1 is 1.24 bits per heavy atom. The van der Waals surface area contributed by atoms with Gasteiger partial charge in [0.25, 0.3) is 0 Å². The van der Waals surface area contributed by atoms with Crippen molar-refractivity contribution >= 4 is 44.9 Å². The summed E-state index contributed by atoms with van der Waals surface area (Å²) in [4.78, 5) is 12.9. The van der Waals surface area contributed by atoms with Crippen molar-refractivity contribution in [1.82, 2.24) is 0 Å². The van der Waals surface area contributed by atoms with Gasteiger partial charge in [-0.05, 0) is 59.1 Å². The summed E-state index contributed by atoms with van der Waals surface area (Å²) in [5, 5.41) is 10.9. The third-order valence-electron chi connectivity index (χ3n) is 5.66. The molecule has 1 aliphatic heterocycles. The number of Topliss-reactive ketones (excluding diaryl/α,β-unsaturated/α-hetero) is 1. The van der Waals surface area contributed by atoms with Gasteiger partial charge in [0.1, 0.15) is 24.0 Å². The maximum absolute atomic E-state index is 12.9. The minimum absolute atomic E-state index is 0.0211. The van der Waals surface area contributed by atoms with Gasteiger partial charge in [-0.1, -0.05) is 29.3 Å². The van der Waals surface area contributed by atoms with Crippen LogP contribution in [0.1, 0.15) is 43.2 Å². The number of hydrogen-bond donors (Lipinski definition) is 1. The monoisotopic (exact) mass is 562 g/mol. The van der Waals surface area contributed by atoms with E-state index in [0.717, 1.165) is 5.56 Å². The van der Waals surface area contributed by atoms with Crippen LogP contribution in [-0.4, -0.2) is 12.4 Å². The van der Waals surface area contributed by atoms with E-state index in [9.17, 15) is 10.1 Å². The number of hydrogen-bond acceptors (Lipinski definition) is 6. The highest BCUT2D eigenvalue weighted by Gasteiger charge is 2.38. The maximum atomic E-state index is 12.9. The lowest BCUT2D eigenvalue weighted by atomic mass is 9.77. The molecule has 1 atom stereocenters. The SMILES string of the molecule is CCOc1cc([C@H]2C(C#N)=C(N)OC3=C2C(=O)CCC3)cc(Br)c1OCc1ccc(Cl)cc1Cl. The Kier molecular flexibility index (Phi) is 7.42. The number of nitrogens with zero attached hydrogens (tertiary/aromatic N) is 1. The van der Waals surface area contributed by atoms with Crippen LogP contribution >= 0.6 is 39.1 Å². The Balaban J connectivity index is 1.75. The Bertz CT molecular complexity index is 1270. The van der Waals surface area contributed by atoms with E-state index in [2.05, 4.69) is 22.0 Å². The molecule has 0 bridgehead atoms. The highest BCUT2D eigenvalue weighted by molar-refractivity contribution is 9.10. The van der Waals surface area contributed by atoms with Crippen molar-refractivity contribution in [3.63, 3.8) is 0 Å². The number of ketones is 1. The van der Waals surface area contributed by atoms with Crippen LogP contribution in [0.5, 0.6) is 11.5 Å². The standard InChI is InChI=1S/C25H21BrCl2N2O4/c1-2-32-21-9-14(8-17(26)24(21)33-12-13-6-7-15(27)10-18(13)28)22-16(11-29)25(30)34-20-5-3-4-19(31)23(20)22/h6-10,22H,2-5,12,30H2,1H3/t22-/m0/s1. The number of carbonyl (C=O) groups excluding carboxylic acids is 1. The van der Waals surface area contributed by atoms with Crippen LogP contribution < -0.4 is 15.2 Å². The number of benzene rings is 2. The molecule has 0 aromatic heterocycles. The van der Waals surface area contributed by atoms with Gasteiger partial charge in [0.05, 0.1) is 17.0 Å². The van der Waals surface area contributed by atoms with Crippen molar-refractivity contribution in [2.24, 2.45) is 5.73 Å². The number of allylic oxidation sites excluding steroid dienone is 3. The van der Waals surface area contributed by atoms with Gasteiger partial charge in [-0.3, -0.25) is 4.79 Å². The second-order valence-corrected chi connectivity index (χ2v) is 9.52. The van der Waals surface area contributed by atoms with E-state index in [4.69, 9.17) is 43.1 Å². The molecule has 0 amide bonds. The van der Waals surface area contributed by atoms with Gasteiger partial charge in [-0.25, -0.2) is 0 Å². The second kappa shape index (κ2) is 10.3. The van der Waals surface area contributed by atoms with Crippen molar-refractivity contribution in [2.45, 2.75) is 38.7 Å². The zero-order chi connectivity index (χ0) is 24.4. The van der Waals surface area contributed by atoms with Crippen LogP contribution in [0.2, 0.25) is 10.0 Å². The van der Waals surface area contributed by atoms with Crippen LogP contribution in [0, 0.1) is 11.3 Å². The van der Waals surface area contributed by atoms with Gasteiger partial charge in [0, 0.05) is 34.0 Å². The summed E-state index contributed by atoms with van der Waals surface area (Å²) >= 11 is 15.8. The molecule has 0 radical (unpaired) electrons. The molecule has 1 heterocycles. The maximum Gasteiger partial charge on any atom is 0.205 e. The van der Waals surface area contributed by atoms with Crippen LogP contribution in [0.4, 0.5) is 0 Å². The molecule has 2 N–H and O–H groups in total. The second-order valence-electron chi connectivity index (χ2n) is 7.83. The van der Waals surface area contributed by atoms with E-state index in [0.29, 0.717) is 68.8 Å². The number of ether oxygens (including phenoxy) is 3. The minimum Gasteiger partial charge on any atom is -0.490 e. The van der Waals surface area contributed by atoms with Crippen LogP contribution in [-0.2, 0) is 16.1 Å². The first-order valence-electron chi connectivity index (χ1n) is 10.7. The molecule has 0 saturated heterocycles. The van der Waals surface area contributed by atoms with Crippen LogP contribution in [0.25, 0.3) is 0 Å². The summed E-state index contributed by atoms with van der Waals surface area (Å²) in [5.74, 6) is 0.806. The first-order chi connectivity index (χ1) is 16.3. The smallest absolute Gasteiger partial charge is 0.205 e. The molecule has 4 rings (SSSR count). The lowest BCUT2D eigenvalue weighted by Crippen LogP contribution is -2.27. The summed E-state index contributed by atoms with van der Waals surface area (Å²) in [6, 6.07) is 10.9. The Morgan fingerprint density at radius 3 is 2.74 bits per heavy atom. The largest absolute Gasteiger partial charge is 0.490 e. The Morgan fingerprint density at radius 2 is 2.03 bits per heavy atom. The van der Waals surface area contributed by atoms with Crippen LogP contribution in [0.15, 0.2) is 57.6 Å². The molecule has 6 nitrogen and oxygen atoms in total. The summed E-state index contributed by atoms with van der Waals surface area (Å²) in [6.45, 7) is 2.44. The third-order valence-corrected chi connectivity index (χ3v) is 6.83. The molecular weight excluding hydrogens is 543 g/mol. The fourth-order valence-corrected chi connectivity index (χ4v) is 5.17. The molecule has 0 spiro atoms. The predicted octanol–water partition coefficient (Wildman–Crippen LogP) is 6.55. The van der Waals surface area contributed by atoms with Gasteiger partial charge >= 0.3 is 0 Å². The van der Waals surface area contributed by atoms with E-state index in [1.807, 2.05) is 13.0 Å². The normalized spacial score (nSPS) is 17.7. The molecule has 0 saturated carbocycles. The highest BCUT2D eigenvalue weighted by atomic mass is 79.9. The van der Waals surface area contributed by atoms with Crippen molar-refractivity contribution in [2.75, 3.05) is 6.61 Å². The minimum atomic E-state index is -0.642. The molecule has 2 aliphatic rings. The molecule has 2 aromatic carbocycles. The van der Waals surface area contributed by atoms with Gasteiger partial charge in [0.2, 0.25) is 5.88 Å². The zero-order valence-electron chi connectivity index (χ0n) is 18.3.